The Morgan fingerprint density at radius 1 is 1.11 bits per heavy atom. The third-order valence-electron chi connectivity index (χ3n) is 2.41. The summed E-state index contributed by atoms with van der Waals surface area (Å²) in [7, 11) is 0. The van der Waals surface area contributed by atoms with Gasteiger partial charge in [0.2, 0.25) is 5.82 Å². The van der Waals surface area contributed by atoms with E-state index in [2.05, 4.69) is 15.4 Å². The third-order valence-corrected chi connectivity index (χ3v) is 3.63. The molecule has 0 bridgehead atoms. The molecular weight excluding hydrogens is 268 g/mol. The lowest BCUT2D eigenvalue weighted by molar-refractivity contribution is 0.578. The van der Waals surface area contributed by atoms with Gasteiger partial charge in [-0.1, -0.05) is 41.9 Å². The van der Waals surface area contributed by atoms with E-state index in [-0.39, 0.29) is 0 Å². The number of aromatic nitrogens is 4. The number of rotatable bonds is 3. The Bertz CT molecular complexity index is 647. The zero-order valence-electron chi connectivity index (χ0n) is 9.32. The van der Waals surface area contributed by atoms with Gasteiger partial charge in [-0.3, -0.25) is 0 Å². The van der Waals surface area contributed by atoms with Gasteiger partial charge in [0.25, 0.3) is 0 Å². The minimum absolute atomic E-state index is 0.594. The third kappa shape index (κ3) is 2.42. The predicted molar refractivity (Wildman–Crippen MR) is 71.7 cm³/mol. The molecule has 0 saturated carbocycles. The van der Waals surface area contributed by atoms with Crippen LogP contribution in [-0.2, 0) is 6.54 Å². The first-order valence-electron chi connectivity index (χ1n) is 5.39. The highest BCUT2D eigenvalue weighted by Crippen LogP contribution is 2.22. The molecule has 18 heavy (non-hydrogen) atoms. The summed E-state index contributed by atoms with van der Waals surface area (Å²) in [6, 6.07) is 13.6. The van der Waals surface area contributed by atoms with Crippen LogP contribution < -0.4 is 0 Å². The Morgan fingerprint density at radius 2 is 1.94 bits per heavy atom. The molecular formula is C12H9ClN4S. The van der Waals surface area contributed by atoms with Crippen LogP contribution in [-0.4, -0.2) is 20.2 Å². The average Bonchev–Trinajstić information content (AvgIpc) is 3.01. The number of thiophene rings is 1. The quantitative estimate of drug-likeness (QED) is 0.738. The smallest absolute Gasteiger partial charge is 0.159 e. The Balaban J connectivity index is 1.82. The van der Waals surface area contributed by atoms with Crippen molar-refractivity contribution in [1.29, 1.82) is 0 Å². The number of hydrogen-bond acceptors (Lipinski definition) is 4. The van der Waals surface area contributed by atoms with Gasteiger partial charge in [-0.15, -0.1) is 21.5 Å². The summed E-state index contributed by atoms with van der Waals surface area (Å²) in [5.41, 5.74) is 0.966. The lowest BCUT2D eigenvalue weighted by atomic mass is 10.2. The van der Waals surface area contributed by atoms with Gasteiger partial charge in [0, 0.05) is 10.4 Å². The van der Waals surface area contributed by atoms with Gasteiger partial charge in [0.1, 0.15) is 0 Å². The van der Waals surface area contributed by atoms with Crippen LogP contribution in [0.2, 0.25) is 4.34 Å². The first-order chi connectivity index (χ1) is 8.81. The highest BCUT2D eigenvalue weighted by atomic mass is 35.5. The molecule has 4 nitrogen and oxygen atoms in total. The molecule has 0 unspecified atom stereocenters. The molecule has 1 aromatic carbocycles. The van der Waals surface area contributed by atoms with Gasteiger partial charge in [0.05, 0.1) is 10.9 Å². The van der Waals surface area contributed by atoms with Crippen LogP contribution in [0.4, 0.5) is 0 Å². The summed E-state index contributed by atoms with van der Waals surface area (Å²) in [6.07, 6.45) is 0. The molecule has 3 rings (SSSR count). The van der Waals surface area contributed by atoms with E-state index in [1.165, 1.54) is 11.3 Å². The molecule has 0 atom stereocenters. The van der Waals surface area contributed by atoms with Gasteiger partial charge in [0.15, 0.2) is 0 Å². The van der Waals surface area contributed by atoms with Crippen molar-refractivity contribution in [3.8, 4) is 11.4 Å². The normalized spacial score (nSPS) is 10.7. The van der Waals surface area contributed by atoms with Gasteiger partial charge < -0.3 is 0 Å². The van der Waals surface area contributed by atoms with E-state index in [0.29, 0.717) is 12.4 Å². The fourth-order valence-corrected chi connectivity index (χ4v) is 2.65. The standard InChI is InChI=1S/C12H9ClN4S/c13-11-7-6-10(18-11)8-17-15-12(14-16-17)9-4-2-1-3-5-9/h1-7H,8H2. The van der Waals surface area contributed by atoms with E-state index in [4.69, 9.17) is 11.6 Å². The van der Waals surface area contributed by atoms with Gasteiger partial charge in [-0.25, -0.2) is 0 Å². The molecule has 0 aliphatic rings. The second-order valence-corrected chi connectivity index (χ2v) is 5.51. The molecule has 0 N–H and O–H groups in total. The van der Waals surface area contributed by atoms with Crippen molar-refractivity contribution in [1.82, 2.24) is 20.2 Å². The molecule has 0 fully saturated rings. The Morgan fingerprint density at radius 3 is 2.67 bits per heavy atom. The highest BCUT2D eigenvalue weighted by molar-refractivity contribution is 7.16. The molecule has 0 saturated heterocycles. The van der Waals surface area contributed by atoms with Gasteiger partial charge in [-0.05, 0) is 17.3 Å². The lowest BCUT2D eigenvalue weighted by Gasteiger charge is -1.94. The van der Waals surface area contributed by atoms with Crippen molar-refractivity contribution in [3.05, 3.63) is 51.7 Å². The van der Waals surface area contributed by atoms with Crippen molar-refractivity contribution < 1.29 is 0 Å². The second-order valence-electron chi connectivity index (χ2n) is 3.72. The van der Waals surface area contributed by atoms with Crippen LogP contribution in [0.1, 0.15) is 4.88 Å². The fourth-order valence-electron chi connectivity index (χ4n) is 1.59. The number of benzene rings is 1. The molecule has 0 radical (unpaired) electrons. The SMILES string of the molecule is Clc1ccc(Cn2nnc(-c3ccccc3)n2)s1. The van der Waals surface area contributed by atoms with Crippen LogP contribution in [0.15, 0.2) is 42.5 Å². The number of tetrazole rings is 1. The molecule has 0 amide bonds. The summed E-state index contributed by atoms with van der Waals surface area (Å²) in [5, 5.41) is 12.4. The molecule has 0 aliphatic heterocycles. The summed E-state index contributed by atoms with van der Waals surface area (Å²) >= 11 is 7.41. The molecule has 0 aliphatic carbocycles. The van der Waals surface area contributed by atoms with E-state index in [9.17, 15) is 0 Å². The second kappa shape index (κ2) is 4.88. The molecule has 6 heteroatoms. The highest BCUT2D eigenvalue weighted by Gasteiger charge is 2.06. The number of halogens is 1. The van der Waals surface area contributed by atoms with Crippen molar-refractivity contribution in [2.45, 2.75) is 6.54 Å². The zero-order chi connectivity index (χ0) is 12.4. The van der Waals surface area contributed by atoms with E-state index in [1.54, 1.807) is 4.80 Å². The summed E-state index contributed by atoms with van der Waals surface area (Å²) in [5.74, 6) is 0.637. The Hall–Kier alpha value is -1.72. The maximum absolute atomic E-state index is 5.88. The predicted octanol–water partition coefficient (Wildman–Crippen LogP) is 3.10. The van der Waals surface area contributed by atoms with E-state index in [0.717, 1.165) is 14.8 Å². The van der Waals surface area contributed by atoms with Crippen LogP contribution in [0, 0.1) is 0 Å². The van der Waals surface area contributed by atoms with E-state index < -0.39 is 0 Å². The van der Waals surface area contributed by atoms with Crippen molar-refractivity contribution in [2.75, 3.05) is 0 Å². The van der Waals surface area contributed by atoms with Crippen LogP contribution in [0.5, 0.6) is 0 Å². The molecule has 2 aromatic heterocycles. The van der Waals surface area contributed by atoms with Crippen LogP contribution in [0.25, 0.3) is 11.4 Å². The van der Waals surface area contributed by atoms with Crippen molar-refractivity contribution in [2.24, 2.45) is 0 Å². The molecule has 90 valence electrons. The lowest BCUT2D eigenvalue weighted by Crippen LogP contribution is -2.02. The maximum atomic E-state index is 5.88. The maximum Gasteiger partial charge on any atom is 0.204 e. The topological polar surface area (TPSA) is 43.6 Å². The van der Waals surface area contributed by atoms with Crippen molar-refractivity contribution >= 4 is 22.9 Å². The first kappa shape index (κ1) is 11.4. The monoisotopic (exact) mass is 276 g/mol. The van der Waals surface area contributed by atoms with E-state index >= 15 is 0 Å². The summed E-state index contributed by atoms with van der Waals surface area (Å²) in [4.78, 5) is 2.68. The van der Waals surface area contributed by atoms with Crippen LogP contribution in [0.3, 0.4) is 0 Å². The largest absolute Gasteiger partial charge is 0.204 e. The molecule has 0 spiro atoms. The number of hydrogen-bond donors (Lipinski definition) is 0. The fraction of sp³-hybridized carbons (Fsp3) is 0.0833. The average molecular weight is 277 g/mol. The summed E-state index contributed by atoms with van der Waals surface area (Å²) in [6.45, 7) is 0.594. The summed E-state index contributed by atoms with van der Waals surface area (Å²) < 4.78 is 0.772. The minimum atomic E-state index is 0.594. The van der Waals surface area contributed by atoms with Crippen molar-refractivity contribution in [3.63, 3.8) is 0 Å². The van der Waals surface area contributed by atoms with E-state index in [1.807, 2.05) is 42.5 Å². The molecule has 2 heterocycles. The molecule has 3 aromatic rings. The van der Waals surface area contributed by atoms with Gasteiger partial charge >= 0.3 is 0 Å². The minimum Gasteiger partial charge on any atom is -0.159 e. The Kier molecular flexibility index (Phi) is 3.08. The zero-order valence-corrected chi connectivity index (χ0v) is 10.9. The number of nitrogens with zero attached hydrogens (tertiary/aromatic N) is 4. The first-order valence-corrected chi connectivity index (χ1v) is 6.58. The van der Waals surface area contributed by atoms with Crippen LogP contribution >= 0.6 is 22.9 Å². The van der Waals surface area contributed by atoms with Gasteiger partial charge in [-0.2, -0.15) is 4.80 Å². The Labute approximate surface area is 113 Å².